The van der Waals surface area contributed by atoms with Crippen LogP contribution in [0.25, 0.3) is 0 Å². The SMILES string of the molecule is CCN(CCS(=O)(=O)c1ccc(Br)cc1)CC(C)(C)O. The van der Waals surface area contributed by atoms with E-state index < -0.39 is 15.4 Å². The first-order chi connectivity index (χ1) is 9.14. The molecule has 1 aromatic rings. The number of rotatable bonds is 7. The first-order valence-corrected chi connectivity index (χ1v) is 9.01. The lowest BCUT2D eigenvalue weighted by Crippen LogP contribution is -2.40. The van der Waals surface area contributed by atoms with Crippen LogP contribution < -0.4 is 0 Å². The van der Waals surface area contributed by atoms with E-state index >= 15 is 0 Å². The molecule has 0 saturated carbocycles. The number of likely N-dealkylation sites (N-methyl/N-ethyl adjacent to an activating group) is 1. The summed E-state index contributed by atoms with van der Waals surface area (Å²) in [6.07, 6.45) is 0. The van der Waals surface area contributed by atoms with Crippen LogP contribution in [0.2, 0.25) is 0 Å². The van der Waals surface area contributed by atoms with Gasteiger partial charge in [-0.05, 0) is 44.7 Å². The molecule has 0 unspecified atom stereocenters. The lowest BCUT2D eigenvalue weighted by Gasteiger charge is -2.27. The maximum Gasteiger partial charge on any atom is 0.179 e. The zero-order chi connectivity index (χ0) is 15.4. The van der Waals surface area contributed by atoms with Gasteiger partial charge in [0.1, 0.15) is 0 Å². The van der Waals surface area contributed by atoms with Crippen molar-refractivity contribution in [3.63, 3.8) is 0 Å². The second-order valence-corrected chi connectivity index (χ2v) is 8.48. The minimum absolute atomic E-state index is 0.0541. The Kier molecular flexibility index (Phi) is 6.19. The van der Waals surface area contributed by atoms with Crippen LogP contribution in [0.3, 0.4) is 0 Å². The fourth-order valence-electron chi connectivity index (χ4n) is 1.91. The van der Waals surface area contributed by atoms with E-state index in [4.69, 9.17) is 0 Å². The molecule has 4 nitrogen and oxygen atoms in total. The van der Waals surface area contributed by atoms with Crippen molar-refractivity contribution in [1.29, 1.82) is 0 Å². The molecule has 0 aliphatic rings. The molecule has 0 amide bonds. The Labute approximate surface area is 129 Å². The zero-order valence-electron chi connectivity index (χ0n) is 12.1. The lowest BCUT2D eigenvalue weighted by molar-refractivity contribution is 0.0398. The Balaban J connectivity index is 2.69. The van der Waals surface area contributed by atoms with Gasteiger partial charge in [0.2, 0.25) is 0 Å². The van der Waals surface area contributed by atoms with Crippen LogP contribution in [0.5, 0.6) is 0 Å². The number of aliphatic hydroxyl groups is 1. The van der Waals surface area contributed by atoms with Gasteiger partial charge >= 0.3 is 0 Å². The number of sulfone groups is 1. The maximum absolute atomic E-state index is 12.2. The summed E-state index contributed by atoms with van der Waals surface area (Å²) < 4.78 is 25.3. The van der Waals surface area contributed by atoms with E-state index in [0.717, 1.165) is 4.47 Å². The van der Waals surface area contributed by atoms with Gasteiger partial charge < -0.3 is 5.11 Å². The molecule has 0 atom stereocenters. The van der Waals surface area contributed by atoms with Gasteiger partial charge in [-0.1, -0.05) is 22.9 Å². The summed E-state index contributed by atoms with van der Waals surface area (Å²) in [6.45, 7) is 6.98. The Morgan fingerprint density at radius 2 is 1.80 bits per heavy atom. The smallest absolute Gasteiger partial charge is 0.179 e. The van der Waals surface area contributed by atoms with Gasteiger partial charge in [-0.2, -0.15) is 0 Å². The minimum atomic E-state index is -3.28. The predicted molar refractivity (Wildman–Crippen MR) is 84.6 cm³/mol. The molecule has 0 aromatic heterocycles. The Morgan fingerprint density at radius 1 is 1.25 bits per heavy atom. The summed E-state index contributed by atoms with van der Waals surface area (Å²) >= 11 is 3.29. The van der Waals surface area contributed by atoms with E-state index in [2.05, 4.69) is 15.9 Å². The average Bonchev–Trinajstić information content (AvgIpc) is 2.33. The van der Waals surface area contributed by atoms with E-state index in [1.807, 2.05) is 11.8 Å². The van der Waals surface area contributed by atoms with Crippen LogP contribution in [0, 0.1) is 0 Å². The molecule has 6 heteroatoms. The zero-order valence-corrected chi connectivity index (χ0v) is 14.5. The summed E-state index contributed by atoms with van der Waals surface area (Å²) in [5, 5.41) is 9.80. The highest BCUT2D eigenvalue weighted by molar-refractivity contribution is 9.10. The summed E-state index contributed by atoms with van der Waals surface area (Å²) in [7, 11) is -3.28. The molecule has 0 radical (unpaired) electrons. The number of nitrogens with zero attached hydrogens (tertiary/aromatic N) is 1. The molecule has 0 spiro atoms. The standard InChI is InChI=1S/C14H22BrNO3S/c1-4-16(11-14(2,3)17)9-10-20(18,19)13-7-5-12(15)6-8-13/h5-8,17H,4,9-11H2,1-3H3. The monoisotopic (exact) mass is 363 g/mol. The number of hydrogen-bond donors (Lipinski definition) is 1. The fourth-order valence-corrected chi connectivity index (χ4v) is 3.45. The Hall–Kier alpha value is -0.430. The van der Waals surface area contributed by atoms with Gasteiger partial charge in [-0.3, -0.25) is 4.90 Å². The molecule has 1 rings (SSSR count). The van der Waals surface area contributed by atoms with E-state index in [1.54, 1.807) is 38.1 Å². The van der Waals surface area contributed by atoms with E-state index in [1.165, 1.54) is 0 Å². The Bertz CT molecular complexity index is 520. The number of halogens is 1. The maximum atomic E-state index is 12.2. The van der Waals surface area contributed by atoms with Crippen LogP contribution in [-0.4, -0.2) is 49.4 Å². The second kappa shape index (κ2) is 7.02. The van der Waals surface area contributed by atoms with Crippen LogP contribution >= 0.6 is 15.9 Å². The largest absolute Gasteiger partial charge is 0.389 e. The van der Waals surface area contributed by atoms with Crippen molar-refractivity contribution in [2.45, 2.75) is 31.3 Å². The second-order valence-electron chi connectivity index (χ2n) is 5.45. The molecule has 0 saturated heterocycles. The summed E-state index contributed by atoms with van der Waals surface area (Å²) in [4.78, 5) is 2.27. The predicted octanol–water partition coefficient (Wildman–Crippen LogP) is 2.32. The fraction of sp³-hybridized carbons (Fsp3) is 0.571. The molecule has 20 heavy (non-hydrogen) atoms. The average molecular weight is 364 g/mol. The van der Waals surface area contributed by atoms with Crippen molar-refractivity contribution in [2.24, 2.45) is 0 Å². The molecule has 0 bridgehead atoms. The molecule has 1 aromatic carbocycles. The third-order valence-electron chi connectivity index (χ3n) is 2.91. The third-order valence-corrected chi connectivity index (χ3v) is 5.15. The summed E-state index contributed by atoms with van der Waals surface area (Å²) in [6, 6.07) is 6.65. The lowest BCUT2D eigenvalue weighted by atomic mass is 10.1. The van der Waals surface area contributed by atoms with Crippen molar-refractivity contribution in [3.05, 3.63) is 28.7 Å². The van der Waals surface area contributed by atoms with Crippen LogP contribution in [0.4, 0.5) is 0 Å². The number of hydrogen-bond acceptors (Lipinski definition) is 4. The van der Waals surface area contributed by atoms with Crippen molar-refractivity contribution in [3.8, 4) is 0 Å². The van der Waals surface area contributed by atoms with Crippen molar-refractivity contribution in [1.82, 2.24) is 4.90 Å². The van der Waals surface area contributed by atoms with Crippen molar-refractivity contribution >= 4 is 25.8 Å². The quantitative estimate of drug-likeness (QED) is 0.807. The third kappa shape index (κ3) is 5.91. The van der Waals surface area contributed by atoms with Crippen LogP contribution in [0.15, 0.2) is 33.6 Å². The normalized spacial score (nSPS) is 12.9. The summed E-state index contributed by atoms with van der Waals surface area (Å²) in [5.41, 5.74) is -0.822. The molecule has 0 aliphatic heterocycles. The van der Waals surface area contributed by atoms with Gasteiger partial charge in [-0.25, -0.2) is 8.42 Å². The van der Waals surface area contributed by atoms with Gasteiger partial charge in [-0.15, -0.1) is 0 Å². The molecule has 1 N–H and O–H groups in total. The first-order valence-electron chi connectivity index (χ1n) is 6.57. The van der Waals surface area contributed by atoms with Gasteiger partial charge in [0.15, 0.2) is 9.84 Å². The van der Waals surface area contributed by atoms with Gasteiger partial charge in [0, 0.05) is 17.6 Å². The minimum Gasteiger partial charge on any atom is -0.389 e. The van der Waals surface area contributed by atoms with Crippen molar-refractivity contribution < 1.29 is 13.5 Å². The molecule has 0 fully saturated rings. The van der Waals surface area contributed by atoms with Gasteiger partial charge in [0.25, 0.3) is 0 Å². The topological polar surface area (TPSA) is 57.6 Å². The number of benzene rings is 1. The summed E-state index contributed by atoms with van der Waals surface area (Å²) in [5.74, 6) is 0.0541. The van der Waals surface area contributed by atoms with Crippen LogP contribution in [-0.2, 0) is 9.84 Å². The van der Waals surface area contributed by atoms with Crippen molar-refractivity contribution in [2.75, 3.05) is 25.4 Å². The van der Waals surface area contributed by atoms with E-state index in [9.17, 15) is 13.5 Å². The van der Waals surface area contributed by atoms with Gasteiger partial charge in [0.05, 0.1) is 16.2 Å². The molecule has 0 aliphatic carbocycles. The highest BCUT2D eigenvalue weighted by Gasteiger charge is 2.20. The molecule has 114 valence electrons. The van der Waals surface area contributed by atoms with Crippen LogP contribution in [0.1, 0.15) is 20.8 Å². The Morgan fingerprint density at radius 3 is 2.25 bits per heavy atom. The first kappa shape index (κ1) is 17.6. The highest BCUT2D eigenvalue weighted by atomic mass is 79.9. The molecular formula is C14H22BrNO3S. The van der Waals surface area contributed by atoms with E-state index in [0.29, 0.717) is 24.5 Å². The molecular weight excluding hydrogens is 342 g/mol. The molecule has 0 heterocycles. The highest BCUT2D eigenvalue weighted by Crippen LogP contribution is 2.16. The van der Waals surface area contributed by atoms with E-state index in [-0.39, 0.29) is 5.75 Å².